The summed E-state index contributed by atoms with van der Waals surface area (Å²) in [5.74, 6) is -0.741. The van der Waals surface area contributed by atoms with Gasteiger partial charge in [-0.25, -0.2) is 13.2 Å². The van der Waals surface area contributed by atoms with Gasteiger partial charge in [0.15, 0.2) is 11.6 Å². The zero-order valence-corrected chi connectivity index (χ0v) is 20.8. The quantitative estimate of drug-likeness (QED) is 0.203. The molecule has 0 aliphatic heterocycles. The van der Waals surface area contributed by atoms with Crippen molar-refractivity contribution in [3.05, 3.63) is 107 Å². The topological polar surface area (TPSA) is 9.23 Å². The van der Waals surface area contributed by atoms with E-state index in [1.54, 1.807) is 24.3 Å². The fourth-order valence-corrected chi connectivity index (χ4v) is 4.61. The third-order valence-corrected chi connectivity index (χ3v) is 6.89. The lowest BCUT2D eigenvalue weighted by atomic mass is 9.87. The van der Waals surface area contributed by atoms with Crippen LogP contribution in [-0.2, 0) is 12.8 Å². The molecule has 0 radical (unpaired) electrons. The molecule has 0 amide bonds. The van der Waals surface area contributed by atoms with E-state index in [4.69, 9.17) is 4.74 Å². The van der Waals surface area contributed by atoms with E-state index < -0.39 is 11.6 Å². The molecule has 36 heavy (non-hydrogen) atoms. The Hall–Kier alpha value is -3.27. The maximum atomic E-state index is 14.8. The molecule has 1 atom stereocenters. The Morgan fingerprint density at radius 2 is 1.72 bits per heavy atom. The molecule has 0 saturated carbocycles. The van der Waals surface area contributed by atoms with E-state index in [1.165, 1.54) is 6.07 Å². The van der Waals surface area contributed by atoms with E-state index in [1.807, 2.05) is 36.4 Å². The van der Waals surface area contributed by atoms with Gasteiger partial charge in [0.25, 0.3) is 0 Å². The van der Waals surface area contributed by atoms with Gasteiger partial charge in [0.1, 0.15) is 11.6 Å². The lowest BCUT2D eigenvalue weighted by Gasteiger charge is -2.19. The van der Waals surface area contributed by atoms with Crippen molar-refractivity contribution in [3.8, 4) is 16.9 Å². The van der Waals surface area contributed by atoms with Crippen molar-refractivity contribution >= 4 is 5.57 Å². The van der Waals surface area contributed by atoms with E-state index in [9.17, 15) is 13.2 Å². The molecule has 0 fully saturated rings. The summed E-state index contributed by atoms with van der Waals surface area (Å²) in [5, 5.41) is 0. The number of halogens is 3. The largest absolute Gasteiger partial charge is 0.493 e. The first-order valence-corrected chi connectivity index (χ1v) is 12.7. The van der Waals surface area contributed by atoms with Gasteiger partial charge in [0.2, 0.25) is 0 Å². The van der Waals surface area contributed by atoms with Crippen LogP contribution in [0.25, 0.3) is 16.7 Å². The first kappa shape index (κ1) is 25.8. The number of aryl methyl sites for hydroxylation is 2. The van der Waals surface area contributed by atoms with E-state index in [2.05, 4.69) is 13.5 Å². The number of hydrogen-bond acceptors (Lipinski definition) is 1. The van der Waals surface area contributed by atoms with E-state index in [0.717, 1.165) is 48.8 Å². The molecule has 4 rings (SSSR count). The van der Waals surface area contributed by atoms with Crippen molar-refractivity contribution in [1.29, 1.82) is 0 Å². The molecular formula is C32H33F3O. The number of rotatable bonds is 10. The van der Waals surface area contributed by atoms with Gasteiger partial charge in [0.05, 0.1) is 6.61 Å². The number of unbranched alkanes of at least 4 members (excludes halogenated alkanes) is 1. The lowest BCUT2D eigenvalue weighted by Crippen LogP contribution is -2.05. The highest BCUT2D eigenvalue weighted by atomic mass is 19.2. The van der Waals surface area contributed by atoms with E-state index in [0.29, 0.717) is 47.8 Å². The summed E-state index contributed by atoms with van der Waals surface area (Å²) in [6.45, 7) is 6.37. The van der Waals surface area contributed by atoms with E-state index >= 15 is 0 Å². The maximum Gasteiger partial charge on any atom is 0.166 e. The second-order valence-corrected chi connectivity index (χ2v) is 9.63. The summed E-state index contributed by atoms with van der Waals surface area (Å²) >= 11 is 0. The molecule has 3 aromatic rings. The van der Waals surface area contributed by atoms with Crippen molar-refractivity contribution in [2.45, 2.75) is 51.9 Å². The molecule has 1 aliphatic rings. The average molecular weight is 491 g/mol. The highest BCUT2D eigenvalue weighted by Crippen LogP contribution is 2.33. The standard InChI is InChI=1S/C32H33F3O/c1-3-4-5-20-36-27-17-19-28(30(33)21-27)24-13-8-23(9-14-24)10-15-26-16-18-29(32(35)31(26)34)25-11-6-22(2)7-12-25/h3,8-9,11,13-14,16-19,21-22H,1,4-7,10,12,15,20H2,2H3. The van der Waals surface area contributed by atoms with Crippen molar-refractivity contribution in [3.63, 3.8) is 0 Å². The van der Waals surface area contributed by atoms with Crippen molar-refractivity contribution in [2.24, 2.45) is 5.92 Å². The third-order valence-electron chi connectivity index (χ3n) is 6.89. The Bertz CT molecular complexity index is 1230. The second-order valence-electron chi connectivity index (χ2n) is 9.63. The Morgan fingerprint density at radius 3 is 2.42 bits per heavy atom. The van der Waals surface area contributed by atoms with Gasteiger partial charge in [-0.1, -0.05) is 55.5 Å². The molecular weight excluding hydrogens is 457 g/mol. The summed E-state index contributed by atoms with van der Waals surface area (Å²) in [5.41, 5.74) is 3.91. The molecule has 1 nitrogen and oxygen atoms in total. The fraction of sp³-hybridized carbons (Fsp3) is 0.312. The Labute approximate surface area is 212 Å². The van der Waals surface area contributed by atoms with Crippen LogP contribution in [0.3, 0.4) is 0 Å². The van der Waals surface area contributed by atoms with Crippen LogP contribution in [0, 0.1) is 23.4 Å². The monoisotopic (exact) mass is 490 g/mol. The third kappa shape index (κ3) is 6.29. The highest BCUT2D eigenvalue weighted by Gasteiger charge is 2.19. The fourth-order valence-electron chi connectivity index (χ4n) is 4.61. The SMILES string of the molecule is C=CCCCOc1ccc(-c2ccc(CCc3ccc(C4=CCC(C)CC4)c(F)c3F)cc2)c(F)c1. The number of hydrogen-bond donors (Lipinski definition) is 0. The van der Waals surface area contributed by atoms with E-state index in [-0.39, 0.29) is 5.82 Å². The highest BCUT2D eigenvalue weighted by molar-refractivity contribution is 5.67. The minimum Gasteiger partial charge on any atom is -0.493 e. The zero-order chi connectivity index (χ0) is 25.5. The van der Waals surface area contributed by atoms with Crippen molar-refractivity contribution in [1.82, 2.24) is 0 Å². The van der Waals surface area contributed by atoms with Gasteiger partial charge in [-0.15, -0.1) is 6.58 Å². The molecule has 1 unspecified atom stereocenters. The number of ether oxygens (including phenoxy) is 1. The molecule has 0 saturated heterocycles. The van der Waals surface area contributed by atoms with Crippen LogP contribution in [-0.4, -0.2) is 6.61 Å². The van der Waals surface area contributed by atoms with Crippen LogP contribution in [0.4, 0.5) is 13.2 Å². The normalized spacial score (nSPS) is 15.4. The van der Waals surface area contributed by atoms with Gasteiger partial charge in [0, 0.05) is 17.2 Å². The molecule has 4 heteroatoms. The first-order valence-electron chi connectivity index (χ1n) is 12.7. The molecule has 0 bridgehead atoms. The first-order chi connectivity index (χ1) is 17.5. The van der Waals surface area contributed by atoms with Crippen LogP contribution in [0.15, 0.2) is 73.3 Å². The van der Waals surface area contributed by atoms with Crippen LogP contribution in [0.1, 0.15) is 55.7 Å². The molecule has 0 spiro atoms. The lowest BCUT2D eigenvalue weighted by molar-refractivity contribution is 0.310. The molecule has 0 N–H and O–H groups in total. The van der Waals surface area contributed by atoms with Crippen LogP contribution < -0.4 is 4.74 Å². The van der Waals surface area contributed by atoms with Gasteiger partial charge >= 0.3 is 0 Å². The zero-order valence-electron chi connectivity index (χ0n) is 20.8. The minimum atomic E-state index is -0.752. The Balaban J connectivity index is 1.38. The van der Waals surface area contributed by atoms with Gasteiger partial charge in [-0.3, -0.25) is 0 Å². The summed E-state index contributed by atoms with van der Waals surface area (Å²) in [6.07, 6.45) is 9.23. The summed E-state index contributed by atoms with van der Waals surface area (Å²) in [6, 6.07) is 15.8. The summed E-state index contributed by atoms with van der Waals surface area (Å²) in [4.78, 5) is 0. The second kappa shape index (κ2) is 12.1. The van der Waals surface area contributed by atoms with Crippen molar-refractivity contribution in [2.75, 3.05) is 6.61 Å². The molecule has 3 aromatic carbocycles. The summed E-state index contributed by atoms with van der Waals surface area (Å²) < 4.78 is 49.9. The van der Waals surface area contributed by atoms with Crippen LogP contribution in [0.5, 0.6) is 5.75 Å². The number of benzene rings is 3. The minimum absolute atomic E-state index is 0.343. The number of allylic oxidation sites excluding steroid dienone is 3. The smallest absolute Gasteiger partial charge is 0.166 e. The summed E-state index contributed by atoms with van der Waals surface area (Å²) in [7, 11) is 0. The molecule has 188 valence electrons. The van der Waals surface area contributed by atoms with Crippen LogP contribution in [0.2, 0.25) is 0 Å². The Kier molecular flexibility index (Phi) is 8.69. The predicted molar refractivity (Wildman–Crippen MR) is 142 cm³/mol. The molecule has 0 aromatic heterocycles. The molecule has 0 heterocycles. The van der Waals surface area contributed by atoms with Gasteiger partial charge in [-0.2, -0.15) is 0 Å². The maximum absolute atomic E-state index is 14.8. The van der Waals surface area contributed by atoms with Crippen molar-refractivity contribution < 1.29 is 17.9 Å². The Morgan fingerprint density at radius 1 is 0.944 bits per heavy atom. The van der Waals surface area contributed by atoms with Gasteiger partial charge < -0.3 is 4.74 Å². The van der Waals surface area contributed by atoms with Crippen LogP contribution >= 0.6 is 0 Å². The van der Waals surface area contributed by atoms with Gasteiger partial charge in [-0.05, 0) is 85.3 Å². The predicted octanol–water partition coefficient (Wildman–Crippen LogP) is 9.10. The molecule has 1 aliphatic carbocycles. The average Bonchev–Trinajstić information content (AvgIpc) is 2.89.